The lowest BCUT2D eigenvalue weighted by molar-refractivity contribution is 0.104. The molecule has 5 rings (SSSR count). The molecule has 0 unspecified atom stereocenters. The molecule has 0 radical (unpaired) electrons. The van der Waals surface area contributed by atoms with Crippen LogP contribution >= 0.6 is 0 Å². The van der Waals surface area contributed by atoms with Crippen LogP contribution in [0.15, 0.2) is 67.1 Å². The molecule has 2 aromatic carbocycles. The molecule has 1 aliphatic rings. The van der Waals surface area contributed by atoms with Gasteiger partial charge in [0, 0.05) is 24.4 Å². The predicted molar refractivity (Wildman–Crippen MR) is 117 cm³/mol. The van der Waals surface area contributed by atoms with E-state index in [1.165, 1.54) is 6.33 Å². The minimum absolute atomic E-state index is 0.114. The molecule has 7 nitrogen and oxygen atoms in total. The summed E-state index contributed by atoms with van der Waals surface area (Å²) < 4.78 is 5.81. The third-order valence-corrected chi connectivity index (χ3v) is 5.64. The average molecular weight is 414 g/mol. The maximum atomic E-state index is 13.2. The molecule has 2 aromatic heterocycles. The normalized spacial score (nSPS) is 17.8. The smallest absolute Gasteiger partial charge is 0.195 e. The number of rotatable bonds is 7. The second-order valence-electron chi connectivity index (χ2n) is 7.78. The lowest BCUT2D eigenvalue weighted by Crippen LogP contribution is -2.37. The Hall–Kier alpha value is -3.71. The number of aliphatic hydroxyl groups is 1. The van der Waals surface area contributed by atoms with Gasteiger partial charge in [0.05, 0.1) is 10.9 Å². The highest BCUT2D eigenvalue weighted by molar-refractivity contribution is 6.18. The summed E-state index contributed by atoms with van der Waals surface area (Å²) in [6.45, 7) is 0.204. The Morgan fingerprint density at radius 2 is 1.81 bits per heavy atom. The summed E-state index contributed by atoms with van der Waals surface area (Å²) in [5.41, 5.74) is 1.69. The van der Waals surface area contributed by atoms with Gasteiger partial charge in [0.25, 0.3) is 0 Å². The van der Waals surface area contributed by atoms with Crippen LogP contribution in [0.4, 0.5) is 5.82 Å². The number of anilines is 1. The van der Waals surface area contributed by atoms with E-state index in [4.69, 9.17) is 4.74 Å². The number of fused-ring (bicyclic) bond motifs is 1. The first-order valence-corrected chi connectivity index (χ1v) is 10.3. The molecular formula is C24H22N4O3. The zero-order valence-electron chi connectivity index (χ0n) is 16.8. The van der Waals surface area contributed by atoms with E-state index in [-0.39, 0.29) is 18.4 Å². The number of H-pyrrole nitrogens is 1. The SMILES string of the molecule is O=C(c1ccc(Oc2ccccc2)cc1)c1c[nH]c2ncnc(N[C@H]3C[C@H](CO)C3)c12. The number of aromatic nitrogens is 3. The molecule has 3 N–H and O–H groups in total. The Bertz CT molecular complexity index is 1200. The van der Waals surface area contributed by atoms with Crippen molar-refractivity contribution in [3.63, 3.8) is 0 Å². The van der Waals surface area contributed by atoms with Gasteiger partial charge in [-0.3, -0.25) is 4.79 Å². The number of hydrogen-bond acceptors (Lipinski definition) is 6. The Balaban J connectivity index is 1.38. The Morgan fingerprint density at radius 1 is 1.06 bits per heavy atom. The van der Waals surface area contributed by atoms with Crippen molar-refractivity contribution in [3.05, 3.63) is 78.2 Å². The summed E-state index contributed by atoms with van der Waals surface area (Å²) in [5.74, 6) is 2.26. The number of benzene rings is 2. The van der Waals surface area contributed by atoms with Crippen LogP contribution in [0, 0.1) is 5.92 Å². The van der Waals surface area contributed by atoms with E-state index in [0.717, 1.165) is 18.6 Å². The third-order valence-electron chi connectivity index (χ3n) is 5.64. The van der Waals surface area contributed by atoms with E-state index in [1.54, 1.807) is 30.5 Å². The Kier molecular flexibility index (Phi) is 5.09. The first-order valence-electron chi connectivity index (χ1n) is 10.3. The number of carbonyl (C=O) groups excluding carboxylic acids is 1. The van der Waals surface area contributed by atoms with Crippen LogP contribution in [0.5, 0.6) is 11.5 Å². The van der Waals surface area contributed by atoms with Crippen LogP contribution in [0.25, 0.3) is 11.0 Å². The molecule has 4 aromatic rings. The molecule has 31 heavy (non-hydrogen) atoms. The fourth-order valence-corrected chi connectivity index (χ4v) is 3.90. The van der Waals surface area contributed by atoms with Crippen LogP contribution in [0.1, 0.15) is 28.8 Å². The maximum absolute atomic E-state index is 13.2. The molecule has 0 aliphatic heterocycles. The standard InChI is InChI=1S/C24H22N4O3/c29-13-15-10-17(11-15)28-24-21-20(12-25-23(21)26-14-27-24)22(30)16-6-8-19(9-7-16)31-18-4-2-1-3-5-18/h1-9,12,14-15,17,29H,10-11,13H2,(H2,25,26,27,28)/t15-,17-. The van der Waals surface area contributed by atoms with E-state index in [0.29, 0.717) is 39.6 Å². The quantitative estimate of drug-likeness (QED) is 0.393. The van der Waals surface area contributed by atoms with Crippen molar-refractivity contribution in [1.82, 2.24) is 15.0 Å². The first kappa shape index (κ1) is 19.3. The van der Waals surface area contributed by atoms with Gasteiger partial charge in [-0.25, -0.2) is 9.97 Å². The topological polar surface area (TPSA) is 100 Å². The van der Waals surface area contributed by atoms with Crippen LogP contribution in [-0.4, -0.2) is 38.5 Å². The number of para-hydroxylation sites is 1. The third kappa shape index (κ3) is 3.87. The van der Waals surface area contributed by atoms with Crippen molar-refractivity contribution >= 4 is 22.6 Å². The van der Waals surface area contributed by atoms with Crippen LogP contribution < -0.4 is 10.1 Å². The molecule has 7 heteroatoms. The summed E-state index contributed by atoms with van der Waals surface area (Å²) in [6.07, 6.45) is 4.93. The van der Waals surface area contributed by atoms with Crippen molar-refractivity contribution in [2.75, 3.05) is 11.9 Å². The van der Waals surface area contributed by atoms with E-state index in [1.807, 2.05) is 30.3 Å². The van der Waals surface area contributed by atoms with Crippen molar-refractivity contribution in [1.29, 1.82) is 0 Å². The Morgan fingerprint density at radius 3 is 2.55 bits per heavy atom. The van der Waals surface area contributed by atoms with Gasteiger partial charge in [0.15, 0.2) is 5.78 Å². The molecule has 2 heterocycles. The molecule has 0 amide bonds. The number of nitrogens with zero attached hydrogens (tertiary/aromatic N) is 2. The largest absolute Gasteiger partial charge is 0.457 e. The monoisotopic (exact) mass is 414 g/mol. The fourth-order valence-electron chi connectivity index (χ4n) is 3.90. The maximum Gasteiger partial charge on any atom is 0.195 e. The van der Waals surface area contributed by atoms with Gasteiger partial charge < -0.3 is 20.1 Å². The molecular weight excluding hydrogens is 392 g/mol. The number of aliphatic hydroxyl groups excluding tert-OH is 1. The van der Waals surface area contributed by atoms with Crippen molar-refractivity contribution in [2.45, 2.75) is 18.9 Å². The second kappa shape index (κ2) is 8.20. The van der Waals surface area contributed by atoms with Gasteiger partial charge in [-0.1, -0.05) is 18.2 Å². The summed E-state index contributed by atoms with van der Waals surface area (Å²) in [7, 11) is 0. The second-order valence-corrected chi connectivity index (χ2v) is 7.78. The van der Waals surface area contributed by atoms with E-state index in [9.17, 15) is 9.90 Å². The van der Waals surface area contributed by atoms with E-state index < -0.39 is 0 Å². The number of aromatic amines is 1. The summed E-state index contributed by atoms with van der Waals surface area (Å²) >= 11 is 0. The molecule has 156 valence electrons. The van der Waals surface area contributed by atoms with Gasteiger partial charge in [0.1, 0.15) is 29.3 Å². The lowest BCUT2D eigenvalue weighted by Gasteiger charge is -2.35. The molecule has 0 bridgehead atoms. The predicted octanol–water partition coefficient (Wildman–Crippen LogP) is 4.16. The van der Waals surface area contributed by atoms with Crippen molar-refractivity contribution in [2.24, 2.45) is 5.92 Å². The zero-order chi connectivity index (χ0) is 21.2. The lowest BCUT2D eigenvalue weighted by atomic mass is 9.81. The summed E-state index contributed by atoms with van der Waals surface area (Å²) in [6, 6.07) is 16.8. The van der Waals surface area contributed by atoms with Crippen LogP contribution in [0.3, 0.4) is 0 Å². The fraction of sp³-hybridized carbons (Fsp3) is 0.208. The van der Waals surface area contributed by atoms with Crippen LogP contribution in [-0.2, 0) is 0 Å². The number of nitrogens with one attached hydrogen (secondary N) is 2. The highest BCUT2D eigenvalue weighted by atomic mass is 16.5. The number of ketones is 1. The number of ether oxygens (including phenoxy) is 1. The van der Waals surface area contributed by atoms with Gasteiger partial charge in [-0.15, -0.1) is 0 Å². The Labute approximate surface area is 179 Å². The van der Waals surface area contributed by atoms with Gasteiger partial charge in [0.2, 0.25) is 0 Å². The highest BCUT2D eigenvalue weighted by Crippen LogP contribution is 2.32. The molecule has 0 spiro atoms. The zero-order valence-corrected chi connectivity index (χ0v) is 16.8. The molecule has 1 fully saturated rings. The van der Waals surface area contributed by atoms with E-state index in [2.05, 4.69) is 20.3 Å². The summed E-state index contributed by atoms with van der Waals surface area (Å²) in [4.78, 5) is 24.9. The summed E-state index contributed by atoms with van der Waals surface area (Å²) in [5, 5.41) is 13.3. The molecule has 0 saturated heterocycles. The van der Waals surface area contributed by atoms with Gasteiger partial charge >= 0.3 is 0 Å². The first-order chi connectivity index (χ1) is 15.2. The molecule has 0 atom stereocenters. The van der Waals surface area contributed by atoms with Crippen molar-refractivity contribution in [3.8, 4) is 11.5 Å². The van der Waals surface area contributed by atoms with Gasteiger partial charge in [-0.05, 0) is 55.2 Å². The number of carbonyl (C=O) groups is 1. The number of hydrogen-bond donors (Lipinski definition) is 3. The average Bonchev–Trinajstić information content (AvgIpc) is 3.22. The van der Waals surface area contributed by atoms with Gasteiger partial charge in [-0.2, -0.15) is 0 Å². The van der Waals surface area contributed by atoms with Crippen LogP contribution in [0.2, 0.25) is 0 Å². The molecule has 1 aliphatic carbocycles. The van der Waals surface area contributed by atoms with Crippen molar-refractivity contribution < 1.29 is 14.6 Å². The van der Waals surface area contributed by atoms with E-state index >= 15 is 0 Å². The molecule has 1 saturated carbocycles. The minimum atomic E-state index is -0.114. The minimum Gasteiger partial charge on any atom is -0.457 e. The highest BCUT2D eigenvalue weighted by Gasteiger charge is 2.29.